The van der Waals surface area contributed by atoms with Crippen molar-refractivity contribution in [3.63, 3.8) is 0 Å². The molecule has 0 N–H and O–H groups in total. The maximum atomic E-state index is 13.5. The summed E-state index contributed by atoms with van der Waals surface area (Å²) < 4.78 is 2.02. The number of fused-ring (bicyclic) bond motifs is 1. The number of hydrogen-bond acceptors (Lipinski definition) is 7. The number of nitrogens with zero attached hydrogens (tertiary/aromatic N) is 5. The Morgan fingerprint density at radius 2 is 1.85 bits per heavy atom. The molecular weight excluding hydrogens is 490 g/mol. The molecule has 2 aliphatic heterocycles. The van der Waals surface area contributed by atoms with Crippen molar-refractivity contribution in [2.45, 2.75) is 6.92 Å². The molecule has 1 aromatic carbocycles. The van der Waals surface area contributed by atoms with Crippen LogP contribution in [0.3, 0.4) is 0 Å². The molecule has 0 bridgehead atoms. The van der Waals surface area contributed by atoms with E-state index in [2.05, 4.69) is 9.80 Å². The van der Waals surface area contributed by atoms with Gasteiger partial charge in [0.15, 0.2) is 0 Å². The maximum Gasteiger partial charge on any atom is 0.267 e. The number of halogens is 1. The van der Waals surface area contributed by atoms with Crippen LogP contribution >= 0.6 is 35.6 Å². The van der Waals surface area contributed by atoms with Gasteiger partial charge in [-0.1, -0.05) is 47.7 Å². The molecule has 1 amide bonds. The topological polar surface area (TPSA) is 61.2 Å². The smallest absolute Gasteiger partial charge is 0.267 e. The van der Waals surface area contributed by atoms with E-state index >= 15 is 0 Å². The number of hydrogen-bond donors (Lipinski definition) is 0. The summed E-state index contributed by atoms with van der Waals surface area (Å²) in [6.45, 7) is 5.25. The van der Waals surface area contributed by atoms with Gasteiger partial charge in [0.2, 0.25) is 0 Å². The van der Waals surface area contributed by atoms with Crippen LogP contribution in [0.25, 0.3) is 11.7 Å². The predicted molar refractivity (Wildman–Crippen MR) is 143 cm³/mol. The second kappa shape index (κ2) is 9.40. The molecular formula is C24H22ClN5O2S2. The summed E-state index contributed by atoms with van der Waals surface area (Å²) in [5.74, 6) is 0.412. The molecule has 2 aromatic heterocycles. The number of amides is 1. The van der Waals surface area contributed by atoms with Crippen LogP contribution in [0.5, 0.6) is 0 Å². The molecule has 10 heteroatoms. The molecule has 2 saturated heterocycles. The third-order valence-corrected chi connectivity index (χ3v) is 7.58. The first kappa shape index (κ1) is 22.9. The molecule has 2 aliphatic rings. The number of carbonyl (C=O) groups excluding carboxylic acids is 1. The number of benzene rings is 1. The normalized spacial score (nSPS) is 17.9. The number of thioether (sulfide) groups is 1. The molecule has 0 saturated carbocycles. The van der Waals surface area contributed by atoms with Gasteiger partial charge in [-0.2, -0.15) is 0 Å². The van der Waals surface area contributed by atoms with Crippen molar-refractivity contribution >= 4 is 69.0 Å². The highest BCUT2D eigenvalue weighted by Crippen LogP contribution is 2.33. The Morgan fingerprint density at radius 1 is 1.09 bits per heavy atom. The van der Waals surface area contributed by atoms with Crippen molar-refractivity contribution in [2.24, 2.45) is 0 Å². The maximum absolute atomic E-state index is 13.5. The largest absolute Gasteiger partial charge is 0.368 e. The minimum absolute atomic E-state index is 0.174. The van der Waals surface area contributed by atoms with Crippen molar-refractivity contribution in [1.82, 2.24) is 14.3 Å². The summed E-state index contributed by atoms with van der Waals surface area (Å²) in [6.07, 6.45) is 3.35. The van der Waals surface area contributed by atoms with Crippen LogP contribution in [0.1, 0.15) is 12.5 Å². The molecule has 0 spiro atoms. The highest BCUT2D eigenvalue weighted by molar-refractivity contribution is 8.26. The van der Waals surface area contributed by atoms with Gasteiger partial charge in [-0.05, 0) is 43.3 Å². The first-order valence-electron chi connectivity index (χ1n) is 11.0. The molecule has 0 aliphatic carbocycles. The average Bonchev–Trinajstić information content (AvgIpc) is 3.12. The van der Waals surface area contributed by atoms with Crippen molar-refractivity contribution in [3.05, 3.63) is 74.5 Å². The molecule has 174 valence electrons. The monoisotopic (exact) mass is 511 g/mol. The zero-order valence-corrected chi connectivity index (χ0v) is 20.9. The van der Waals surface area contributed by atoms with Gasteiger partial charge in [-0.15, -0.1) is 0 Å². The van der Waals surface area contributed by atoms with Gasteiger partial charge < -0.3 is 9.80 Å². The van der Waals surface area contributed by atoms with E-state index in [0.717, 1.165) is 18.8 Å². The minimum Gasteiger partial charge on any atom is -0.368 e. The molecule has 0 atom stereocenters. The Morgan fingerprint density at radius 3 is 2.56 bits per heavy atom. The van der Waals surface area contributed by atoms with E-state index in [1.165, 1.54) is 16.2 Å². The van der Waals surface area contributed by atoms with Crippen LogP contribution in [0.15, 0.2) is 58.4 Å². The standard InChI is InChI=1S/C24H22ClN5O2S2/c1-2-29-23(32)19(34-24(29)33)15-18-21(26-20-8-3-4-9-30(20)22(18)31)28-12-10-27(11-13-28)17-7-5-6-16(25)14-17/h3-9,14-15H,2,10-13H2,1H3/b19-15-. The van der Waals surface area contributed by atoms with Gasteiger partial charge in [-0.3, -0.25) is 18.9 Å². The summed E-state index contributed by atoms with van der Waals surface area (Å²) in [7, 11) is 0. The van der Waals surface area contributed by atoms with Gasteiger partial charge >= 0.3 is 0 Å². The van der Waals surface area contributed by atoms with Crippen molar-refractivity contribution in [1.29, 1.82) is 0 Å². The van der Waals surface area contributed by atoms with Crippen molar-refractivity contribution in [3.8, 4) is 0 Å². The van der Waals surface area contributed by atoms with Gasteiger partial charge in [0.1, 0.15) is 15.8 Å². The molecule has 0 unspecified atom stereocenters. The second-order valence-corrected chi connectivity index (χ2v) is 10.1. The number of likely N-dealkylation sites (N-methyl/N-ethyl adjacent to an activating group) is 1. The fourth-order valence-corrected chi connectivity index (χ4v) is 5.76. The van der Waals surface area contributed by atoms with Crippen LogP contribution in [-0.4, -0.2) is 57.2 Å². The molecule has 2 fully saturated rings. The lowest BCUT2D eigenvalue weighted by Crippen LogP contribution is -2.47. The summed E-state index contributed by atoms with van der Waals surface area (Å²) in [6, 6.07) is 13.3. The Hall–Kier alpha value is -2.88. The number of aromatic nitrogens is 2. The Labute approximate surface area is 211 Å². The first-order chi connectivity index (χ1) is 16.5. The lowest BCUT2D eigenvalue weighted by molar-refractivity contribution is -0.121. The fraction of sp³-hybridized carbons (Fsp3) is 0.250. The number of anilines is 2. The van der Waals surface area contributed by atoms with E-state index in [0.29, 0.717) is 50.9 Å². The molecule has 3 aromatic rings. The number of carbonyl (C=O) groups is 1. The van der Waals surface area contributed by atoms with E-state index in [1.54, 1.807) is 23.2 Å². The number of piperazine rings is 1. The highest BCUT2D eigenvalue weighted by Gasteiger charge is 2.32. The Bertz CT molecular complexity index is 1380. The van der Waals surface area contributed by atoms with Gasteiger partial charge in [0, 0.05) is 49.6 Å². The lowest BCUT2D eigenvalue weighted by atomic mass is 10.2. The zero-order valence-electron chi connectivity index (χ0n) is 18.5. The number of rotatable bonds is 4. The van der Waals surface area contributed by atoms with Gasteiger partial charge in [0.25, 0.3) is 11.5 Å². The summed E-state index contributed by atoms with van der Waals surface area (Å²) in [4.78, 5) is 37.5. The number of pyridine rings is 1. The SMILES string of the molecule is CCN1C(=O)/C(=C/c2c(N3CCN(c4cccc(Cl)c4)CC3)nc3ccccn3c2=O)SC1=S. The second-order valence-electron chi connectivity index (χ2n) is 7.96. The first-order valence-corrected chi connectivity index (χ1v) is 12.6. The van der Waals surface area contributed by atoms with Crippen molar-refractivity contribution in [2.75, 3.05) is 42.5 Å². The average molecular weight is 512 g/mol. The fourth-order valence-electron chi connectivity index (χ4n) is 4.21. The van der Waals surface area contributed by atoms with E-state index in [4.69, 9.17) is 28.8 Å². The minimum atomic E-state index is -0.209. The van der Waals surface area contributed by atoms with Gasteiger partial charge in [0.05, 0.1) is 10.5 Å². The highest BCUT2D eigenvalue weighted by atomic mass is 35.5. The molecule has 7 nitrogen and oxygen atoms in total. The lowest BCUT2D eigenvalue weighted by Gasteiger charge is -2.37. The van der Waals surface area contributed by atoms with Gasteiger partial charge in [-0.25, -0.2) is 4.98 Å². The molecule has 5 rings (SSSR count). The summed E-state index contributed by atoms with van der Waals surface area (Å²) in [5, 5.41) is 0.704. The third kappa shape index (κ3) is 4.19. The predicted octanol–water partition coefficient (Wildman–Crippen LogP) is 3.90. The molecule has 0 radical (unpaired) electrons. The quantitative estimate of drug-likeness (QED) is 0.389. The van der Waals surface area contributed by atoms with Crippen LogP contribution in [0.2, 0.25) is 5.02 Å². The zero-order chi connectivity index (χ0) is 23.8. The van der Waals surface area contributed by atoms with E-state index in [9.17, 15) is 9.59 Å². The number of thiocarbonyl (C=S) groups is 1. The van der Waals surface area contributed by atoms with Crippen molar-refractivity contribution < 1.29 is 4.79 Å². The summed E-state index contributed by atoms with van der Waals surface area (Å²) >= 11 is 12.7. The van der Waals surface area contributed by atoms with E-state index in [-0.39, 0.29) is 11.5 Å². The molecule has 34 heavy (non-hydrogen) atoms. The van der Waals surface area contributed by atoms with Crippen LogP contribution in [-0.2, 0) is 4.79 Å². The Balaban J connectivity index is 1.52. The van der Waals surface area contributed by atoms with E-state index in [1.807, 2.05) is 43.3 Å². The third-order valence-electron chi connectivity index (χ3n) is 5.97. The summed E-state index contributed by atoms with van der Waals surface area (Å²) in [5.41, 5.74) is 1.83. The van der Waals surface area contributed by atoms with Crippen LogP contribution in [0.4, 0.5) is 11.5 Å². The van der Waals surface area contributed by atoms with Crippen LogP contribution < -0.4 is 15.4 Å². The van der Waals surface area contributed by atoms with Crippen LogP contribution in [0, 0.1) is 0 Å². The molecule has 4 heterocycles. The van der Waals surface area contributed by atoms with E-state index < -0.39 is 0 Å². The Kier molecular flexibility index (Phi) is 6.33.